The molecule has 0 aliphatic heterocycles. The lowest BCUT2D eigenvalue weighted by Gasteiger charge is -2.18. The first kappa shape index (κ1) is 17.8. The van der Waals surface area contributed by atoms with Gasteiger partial charge in [0.1, 0.15) is 0 Å². The van der Waals surface area contributed by atoms with Crippen molar-refractivity contribution in [3.63, 3.8) is 0 Å². The van der Waals surface area contributed by atoms with Gasteiger partial charge in [-0.15, -0.1) is 0 Å². The molecule has 0 aliphatic rings. The summed E-state index contributed by atoms with van der Waals surface area (Å²) in [5.74, 6) is 0. The molecule has 3 aromatic rings. The van der Waals surface area contributed by atoms with Gasteiger partial charge in [-0.3, -0.25) is 9.71 Å². The van der Waals surface area contributed by atoms with E-state index in [4.69, 9.17) is 0 Å². The van der Waals surface area contributed by atoms with Crippen LogP contribution in [0.2, 0.25) is 0 Å². The number of nitrogens with zero attached hydrogens (tertiary/aromatic N) is 1. The summed E-state index contributed by atoms with van der Waals surface area (Å²) in [6, 6.07) is 15.1. The number of hydrogen-bond acceptors (Lipinski definition) is 4. The lowest BCUT2D eigenvalue weighted by atomic mass is 10.1. The third kappa shape index (κ3) is 4.33. The van der Waals surface area contributed by atoms with E-state index in [1.807, 2.05) is 24.4 Å². The van der Waals surface area contributed by atoms with E-state index in [0.717, 1.165) is 23.1 Å². The van der Waals surface area contributed by atoms with E-state index in [-0.39, 0.29) is 0 Å². The van der Waals surface area contributed by atoms with Crippen LogP contribution >= 0.6 is 11.9 Å². The predicted octanol–water partition coefficient (Wildman–Crippen LogP) is 5.26. The molecule has 0 spiro atoms. The molecule has 1 unspecified atom stereocenters. The maximum atomic E-state index is 4.41. The highest BCUT2D eigenvalue weighted by atomic mass is 32.2. The molecule has 3 nitrogen and oxygen atoms in total. The molecule has 130 valence electrons. The van der Waals surface area contributed by atoms with Gasteiger partial charge in [0.05, 0.1) is 5.52 Å². The Balaban J connectivity index is 1.61. The summed E-state index contributed by atoms with van der Waals surface area (Å²) in [6.07, 6.45) is 1.83. The van der Waals surface area contributed by atoms with E-state index in [2.05, 4.69) is 67.0 Å². The van der Waals surface area contributed by atoms with Crippen molar-refractivity contribution in [1.29, 1.82) is 0 Å². The number of aromatic nitrogens is 1. The number of pyridine rings is 1. The summed E-state index contributed by atoms with van der Waals surface area (Å²) in [6.45, 7) is 9.55. The van der Waals surface area contributed by atoms with Crippen molar-refractivity contribution in [3.05, 3.63) is 65.4 Å². The van der Waals surface area contributed by atoms with E-state index in [1.165, 1.54) is 21.6 Å². The third-order valence-electron chi connectivity index (χ3n) is 4.21. The van der Waals surface area contributed by atoms with Crippen LogP contribution < -0.4 is 10.0 Å². The summed E-state index contributed by atoms with van der Waals surface area (Å²) in [5.41, 5.74) is 6.13. The summed E-state index contributed by atoms with van der Waals surface area (Å²) >= 11 is 1.73. The van der Waals surface area contributed by atoms with Crippen molar-refractivity contribution in [2.24, 2.45) is 0 Å². The van der Waals surface area contributed by atoms with Gasteiger partial charge in [0.25, 0.3) is 0 Å². The number of benzene rings is 2. The van der Waals surface area contributed by atoms with Crippen molar-refractivity contribution >= 4 is 28.5 Å². The zero-order valence-electron chi connectivity index (χ0n) is 15.3. The van der Waals surface area contributed by atoms with Crippen LogP contribution in [0, 0.1) is 20.8 Å². The van der Waals surface area contributed by atoms with Crippen LogP contribution in [0.3, 0.4) is 0 Å². The molecule has 0 radical (unpaired) electrons. The second-order valence-corrected chi connectivity index (χ2v) is 7.45. The summed E-state index contributed by atoms with van der Waals surface area (Å²) < 4.78 is 3.56. The van der Waals surface area contributed by atoms with Gasteiger partial charge in [-0.1, -0.05) is 23.8 Å². The van der Waals surface area contributed by atoms with Gasteiger partial charge >= 0.3 is 0 Å². The van der Waals surface area contributed by atoms with Crippen molar-refractivity contribution in [2.75, 3.05) is 11.9 Å². The van der Waals surface area contributed by atoms with Crippen LogP contribution in [0.15, 0.2) is 53.6 Å². The minimum atomic E-state index is 0.331. The van der Waals surface area contributed by atoms with Gasteiger partial charge in [-0.2, -0.15) is 0 Å². The van der Waals surface area contributed by atoms with E-state index < -0.39 is 0 Å². The molecule has 2 N–H and O–H groups in total. The van der Waals surface area contributed by atoms with Gasteiger partial charge in [0, 0.05) is 34.8 Å². The standard InChI is InChI=1S/C21H25N3S/c1-14-11-15(2)21(16(3)12-14)25-24-17(4)13-23-20-9-5-8-19-18(20)7-6-10-22-19/h5-12,17,23-24H,13H2,1-4H3. The number of nitrogens with one attached hydrogen (secondary N) is 2. The highest BCUT2D eigenvalue weighted by Crippen LogP contribution is 2.26. The van der Waals surface area contributed by atoms with E-state index in [0.29, 0.717) is 6.04 Å². The highest BCUT2D eigenvalue weighted by Gasteiger charge is 2.08. The number of hydrogen-bond donors (Lipinski definition) is 2. The Morgan fingerprint density at radius 1 is 1.04 bits per heavy atom. The molecule has 0 fully saturated rings. The topological polar surface area (TPSA) is 37.0 Å². The van der Waals surface area contributed by atoms with Gasteiger partial charge in [0.2, 0.25) is 0 Å². The second kappa shape index (κ2) is 7.89. The summed E-state index contributed by atoms with van der Waals surface area (Å²) in [4.78, 5) is 5.74. The average molecular weight is 352 g/mol. The second-order valence-electron chi connectivity index (χ2n) is 6.61. The normalized spacial score (nSPS) is 12.3. The van der Waals surface area contributed by atoms with Crippen molar-refractivity contribution in [2.45, 2.75) is 38.6 Å². The molecule has 0 saturated heterocycles. The monoisotopic (exact) mass is 351 g/mol. The molecule has 3 rings (SSSR count). The third-order valence-corrected chi connectivity index (χ3v) is 5.58. The quantitative estimate of drug-likeness (QED) is 0.594. The lowest BCUT2D eigenvalue weighted by molar-refractivity contribution is 0.726. The van der Waals surface area contributed by atoms with E-state index in [9.17, 15) is 0 Å². The predicted molar refractivity (Wildman–Crippen MR) is 109 cm³/mol. The van der Waals surface area contributed by atoms with Crippen LogP contribution in [-0.4, -0.2) is 17.6 Å². The fourth-order valence-electron chi connectivity index (χ4n) is 3.05. The fraction of sp³-hybridized carbons (Fsp3) is 0.286. The molecule has 0 aliphatic carbocycles. The number of rotatable bonds is 6. The Morgan fingerprint density at radius 2 is 1.80 bits per heavy atom. The minimum absolute atomic E-state index is 0.331. The van der Waals surface area contributed by atoms with Gasteiger partial charge in [-0.05, 0) is 75.0 Å². The molecule has 0 amide bonds. The molecular weight excluding hydrogens is 326 g/mol. The zero-order chi connectivity index (χ0) is 17.8. The molecule has 1 heterocycles. The Labute approximate surface area is 154 Å². The largest absolute Gasteiger partial charge is 0.383 e. The molecular formula is C21H25N3S. The average Bonchev–Trinajstić information content (AvgIpc) is 2.59. The van der Waals surface area contributed by atoms with E-state index >= 15 is 0 Å². The Hall–Kier alpha value is -2.04. The van der Waals surface area contributed by atoms with Crippen LogP contribution in [0.25, 0.3) is 10.9 Å². The Kier molecular flexibility index (Phi) is 5.61. The van der Waals surface area contributed by atoms with Gasteiger partial charge < -0.3 is 5.32 Å². The smallest absolute Gasteiger partial charge is 0.0722 e. The number of aryl methyl sites for hydroxylation is 3. The lowest BCUT2D eigenvalue weighted by Crippen LogP contribution is -2.28. The Morgan fingerprint density at radius 3 is 2.56 bits per heavy atom. The van der Waals surface area contributed by atoms with Crippen molar-refractivity contribution in [1.82, 2.24) is 9.71 Å². The maximum absolute atomic E-state index is 4.41. The molecule has 25 heavy (non-hydrogen) atoms. The number of anilines is 1. The Bertz CT molecular complexity index is 848. The molecule has 2 aromatic carbocycles. The van der Waals surface area contributed by atoms with Crippen molar-refractivity contribution in [3.8, 4) is 0 Å². The maximum Gasteiger partial charge on any atom is 0.0722 e. The molecule has 1 atom stereocenters. The zero-order valence-corrected chi connectivity index (χ0v) is 16.1. The fourth-order valence-corrected chi connectivity index (χ4v) is 3.89. The summed E-state index contributed by atoms with van der Waals surface area (Å²) in [5, 5.41) is 4.71. The first-order valence-corrected chi connectivity index (χ1v) is 9.44. The van der Waals surface area contributed by atoms with Crippen molar-refractivity contribution < 1.29 is 0 Å². The van der Waals surface area contributed by atoms with Crippen LogP contribution in [0.4, 0.5) is 5.69 Å². The van der Waals surface area contributed by atoms with Gasteiger partial charge in [0.15, 0.2) is 0 Å². The number of fused-ring (bicyclic) bond motifs is 1. The van der Waals surface area contributed by atoms with Gasteiger partial charge in [-0.25, -0.2) is 0 Å². The summed E-state index contributed by atoms with van der Waals surface area (Å²) in [7, 11) is 0. The minimum Gasteiger partial charge on any atom is -0.383 e. The molecule has 4 heteroatoms. The molecule has 0 bridgehead atoms. The first-order valence-electron chi connectivity index (χ1n) is 8.62. The van der Waals surface area contributed by atoms with Crippen LogP contribution in [-0.2, 0) is 0 Å². The first-order chi connectivity index (χ1) is 12.0. The molecule has 0 saturated carbocycles. The van der Waals surface area contributed by atoms with Crippen LogP contribution in [0.5, 0.6) is 0 Å². The van der Waals surface area contributed by atoms with E-state index in [1.54, 1.807) is 11.9 Å². The van der Waals surface area contributed by atoms with Crippen LogP contribution in [0.1, 0.15) is 23.6 Å². The SMILES string of the molecule is Cc1cc(C)c(SNC(C)CNc2cccc3ncccc23)c(C)c1. The molecule has 1 aromatic heterocycles. The highest BCUT2D eigenvalue weighted by molar-refractivity contribution is 7.97.